The second kappa shape index (κ2) is 8.48. The number of halogens is 2. The Morgan fingerprint density at radius 1 is 1.55 bits per heavy atom. The van der Waals surface area contributed by atoms with Crippen molar-refractivity contribution in [2.45, 2.75) is 19.9 Å². The van der Waals surface area contributed by atoms with Gasteiger partial charge in [-0.1, -0.05) is 15.9 Å². The van der Waals surface area contributed by atoms with Crippen molar-refractivity contribution in [3.05, 3.63) is 34.1 Å². The van der Waals surface area contributed by atoms with Crippen LogP contribution in [0.15, 0.2) is 27.7 Å². The SMILES string of the molecule is CCNC(=NCc1cc(Br)ccc1F)N1CCC(COC)C1. The molecule has 1 aromatic carbocycles. The van der Waals surface area contributed by atoms with Crippen LogP contribution in [-0.2, 0) is 11.3 Å². The van der Waals surface area contributed by atoms with E-state index in [0.717, 1.165) is 43.1 Å². The van der Waals surface area contributed by atoms with Crippen LogP contribution in [0, 0.1) is 11.7 Å². The molecule has 0 radical (unpaired) electrons. The van der Waals surface area contributed by atoms with Gasteiger partial charge in [0.15, 0.2) is 5.96 Å². The van der Waals surface area contributed by atoms with Crippen molar-refractivity contribution in [1.82, 2.24) is 10.2 Å². The van der Waals surface area contributed by atoms with E-state index < -0.39 is 0 Å². The number of nitrogens with zero attached hydrogens (tertiary/aromatic N) is 2. The maximum atomic E-state index is 13.8. The second-order valence-corrected chi connectivity index (χ2v) is 6.38. The summed E-state index contributed by atoms with van der Waals surface area (Å²) in [5.74, 6) is 1.17. The summed E-state index contributed by atoms with van der Waals surface area (Å²) in [6, 6.07) is 4.94. The lowest BCUT2D eigenvalue weighted by Gasteiger charge is -2.21. The fourth-order valence-corrected chi connectivity index (χ4v) is 3.06. The van der Waals surface area contributed by atoms with Crippen molar-refractivity contribution in [3.8, 4) is 0 Å². The Balaban J connectivity index is 2.05. The van der Waals surface area contributed by atoms with Gasteiger partial charge in [-0.3, -0.25) is 0 Å². The summed E-state index contributed by atoms with van der Waals surface area (Å²) in [7, 11) is 1.73. The molecule has 122 valence electrons. The van der Waals surface area contributed by atoms with E-state index in [1.54, 1.807) is 19.2 Å². The molecule has 0 spiro atoms. The second-order valence-electron chi connectivity index (χ2n) is 5.46. The minimum absolute atomic E-state index is 0.221. The first-order valence-electron chi connectivity index (χ1n) is 7.60. The van der Waals surface area contributed by atoms with Crippen LogP contribution in [0.3, 0.4) is 0 Å². The number of nitrogens with one attached hydrogen (secondary N) is 1. The minimum atomic E-state index is -0.221. The predicted molar refractivity (Wildman–Crippen MR) is 90.5 cm³/mol. The minimum Gasteiger partial charge on any atom is -0.384 e. The summed E-state index contributed by atoms with van der Waals surface area (Å²) in [5, 5.41) is 3.29. The molecule has 2 rings (SSSR count). The Kier molecular flexibility index (Phi) is 6.64. The number of ether oxygens (including phenoxy) is 1. The zero-order valence-corrected chi connectivity index (χ0v) is 14.7. The molecule has 4 nitrogen and oxygen atoms in total. The molecule has 1 fully saturated rings. The molecular weight excluding hydrogens is 349 g/mol. The molecule has 0 saturated carbocycles. The lowest BCUT2D eigenvalue weighted by atomic mass is 10.1. The average molecular weight is 372 g/mol. The van der Waals surface area contributed by atoms with Crippen LogP contribution in [-0.4, -0.2) is 44.2 Å². The Morgan fingerprint density at radius 2 is 2.36 bits per heavy atom. The Labute approximate surface area is 139 Å². The zero-order chi connectivity index (χ0) is 15.9. The number of likely N-dealkylation sites (tertiary alicyclic amines) is 1. The summed E-state index contributed by atoms with van der Waals surface area (Å²) in [6.45, 7) is 5.83. The van der Waals surface area contributed by atoms with Gasteiger partial charge < -0.3 is 15.0 Å². The maximum absolute atomic E-state index is 13.8. The van der Waals surface area contributed by atoms with Gasteiger partial charge in [0.1, 0.15) is 5.82 Å². The molecule has 1 saturated heterocycles. The van der Waals surface area contributed by atoms with E-state index in [2.05, 4.69) is 31.1 Å². The first-order valence-corrected chi connectivity index (χ1v) is 8.39. The first kappa shape index (κ1) is 17.2. The normalized spacial score (nSPS) is 18.8. The van der Waals surface area contributed by atoms with Gasteiger partial charge in [0.05, 0.1) is 13.2 Å². The zero-order valence-electron chi connectivity index (χ0n) is 13.1. The van der Waals surface area contributed by atoms with E-state index in [1.165, 1.54) is 6.07 Å². The van der Waals surface area contributed by atoms with Gasteiger partial charge in [-0.25, -0.2) is 9.38 Å². The van der Waals surface area contributed by atoms with Crippen LogP contribution < -0.4 is 5.32 Å². The van der Waals surface area contributed by atoms with Crippen molar-refractivity contribution in [1.29, 1.82) is 0 Å². The molecule has 0 aromatic heterocycles. The van der Waals surface area contributed by atoms with Gasteiger partial charge in [0, 0.05) is 42.7 Å². The van der Waals surface area contributed by atoms with Crippen molar-refractivity contribution < 1.29 is 9.13 Å². The molecule has 1 atom stereocenters. The van der Waals surface area contributed by atoms with Crippen molar-refractivity contribution in [2.75, 3.05) is 33.4 Å². The van der Waals surface area contributed by atoms with E-state index in [0.29, 0.717) is 18.0 Å². The largest absolute Gasteiger partial charge is 0.384 e. The van der Waals surface area contributed by atoms with Crippen molar-refractivity contribution in [3.63, 3.8) is 0 Å². The summed E-state index contributed by atoms with van der Waals surface area (Å²) in [6.07, 6.45) is 1.10. The lowest BCUT2D eigenvalue weighted by Crippen LogP contribution is -2.40. The number of hydrogen-bond acceptors (Lipinski definition) is 2. The fraction of sp³-hybridized carbons (Fsp3) is 0.562. The van der Waals surface area contributed by atoms with E-state index in [1.807, 2.05) is 6.92 Å². The Morgan fingerprint density at radius 3 is 3.09 bits per heavy atom. The van der Waals surface area contributed by atoms with E-state index in [-0.39, 0.29) is 5.82 Å². The molecule has 0 bridgehead atoms. The molecule has 0 aliphatic carbocycles. The van der Waals surface area contributed by atoms with Gasteiger partial charge in [0.25, 0.3) is 0 Å². The highest BCUT2D eigenvalue weighted by Gasteiger charge is 2.24. The highest BCUT2D eigenvalue weighted by molar-refractivity contribution is 9.10. The maximum Gasteiger partial charge on any atom is 0.194 e. The number of rotatable bonds is 5. The molecule has 22 heavy (non-hydrogen) atoms. The molecule has 1 unspecified atom stereocenters. The highest BCUT2D eigenvalue weighted by atomic mass is 79.9. The van der Waals surface area contributed by atoms with E-state index in [9.17, 15) is 4.39 Å². The smallest absolute Gasteiger partial charge is 0.194 e. The molecule has 6 heteroatoms. The predicted octanol–water partition coefficient (Wildman–Crippen LogP) is 3.02. The van der Waals surface area contributed by atoms with Crippen molar-refractivity contribution in [2.24, 2.45) is 10.9 Å². The molecule has 0 amide bonds. The standard InChI is InChI=1S/C16H23BrFN3O/c1-3-19-16(21-7-6-12(10-21)11-22-2)20-9-13-8-14(17)4-5-15(13)18/h4-5,8,12H,3,6-7,9-11H2,1-2H3,(H,19,20). The van der Waals surface area contributed by atoms with Gasteiger partial charge >= 0.3 is 0 Å². The van der Waals surface area contributed by atoms with Crippen LogP contribution in [0.1, 0.15) is 18.9 Å². The summed E-state index contributed by atoms with van der Waals surface area (Å²) in [5.41, 5.74) is 0.595. The van der Waals surface area contributed by atoms with Gasteiger partial charge in [0.2, 0.25) is 0 Å². The van der Waals surface area contributed by atoms with Crippen LogP contribution in [0.4, 0.5) is 4.39 Å². The first-order chi connectivity index (χ1) is 10.6. The molecule has 1 heterocycles. The van der Waals surface area contributed by atoms with Gasteiger partial charge in [-0.15, -0.1) is 0 Å². The highest BCUT2D eigenvalue weighted by Crippen LogP contribution is 2.18. The third-order valence-electron chi connectivity index (χ3n) is 3.73. The molecule has 1 aromatic rings. The van der Waals surface area contributed by atoms with Crippen LogP contribution in [0.5, 0.6) is 0 Å². The number of methoxy groups -OCH3 is 1. The van der Waals surface area contributed by atoms with Gasteiger partial charge in [-0.05, 0) is 31.5 Å². The number of benzene rings is 1. The monoisotopic (exact) mass is 371 g/mol. The molecule has 1 N–H and O–H groups in total. The topological polar surface area (TPSA) is 36.9 Å². The third kappa shape index (κ3) is 4.68. The summed E-state index contributed by atoms with van der Waals surface area (Å²) < 4.78 is 19.9. The van der Waals surface area contributed by atoms with E-state index in [4.69, 9.17) is 4.74 Å². The lowest BCUT2D eigenvalue weighted by molar-refractivity contribution is 0.157. The fourth-order valence-electron chi connectivity index (χ4n) is 2.65. The third-order valence-corrected chi connectivity index (χ3v) is 4.22. The van der Waals surface area contributed by atoms with Crippen molar-refractivity contribution >= 4 is 21.9 Å². The number of aliphatic imine (C=N–C) groups is 1. The molecule has 1 aliphatic rings. The van der Waals surface area contributed by atoms with Crippen LogP contribution in [0.2, 0.25) is 0 Å². The molecule has 1 aliphatic heterocycles. The molecular formula is C16H23BrFN3O. The summed E-state index contributed by atoms with van der Waals surface area (Å²) >= 11 is 3.37. The Bertz CT molecular complexity index is 524. The Hall–Kier alpha value is -1.14. The number of hydrogen-bond donors (Lipinski definition) is 1. The van der Waals surface area contributed by atoms with E-state index >= 15 is 0 Å². The van der Waals surface area contributed by atoms with Gasteiger partial charge in [-0.2, -0.15) is 0 Å². The quantitative estimate of drug-likeness (QED) is 0.638. The average Bonchev–Trinajstić information content (AvgIpc) is 2.95. The van der Waals surface area contributed by atoms with Crippen LogP contribution >= 0.6 is 15.9 Å². The summed E-state index contributed by atoms with van der Waals surface area (Å²) in [4.78, 5) is 6.82. The van der Waals surface area contributed by atoms with Crippen LogP contribution in [0.25, 0.3) is 0 Å². The number of guanidine groups is 1.